The summed E-state index contributed by atoms with van der Waals surface area (Å²) in [6, 6.07) is 10.2. The molecule has 2 aromatic rings. The number of amides is 1. The summed E-state index contributed by atoms with van der Waals surface area (Å²) in [4.78, 5) is 20.8. The summed E-state index contributed by atoms with van der Waals surface area (Å²) < 4.78 is 6.58. The number of nitrogens with one attached hydrogen (secondary N) is 1. The van der Waals surface area contributed by atoms with Gasteiger partial charge in [0.1, 0.15) is 12.1 Å². The molecule has 2 rings (SSSR count). The highest BCUT2D eigenvalue weighted by Crippen LogP contribution is 2.16. The minimum Gasteiger partial charge on any atom is -0.480 e. The molecule has 2 N–H and O–H groups in total. The van der Waals surface area contributed by atoms with E-state index in [0.29, 0.717) is 0 Å². The molecular weight excluding hydrogens is 334 g/mol. The van der Waals surface area contributed by atoms with Gasteiger partial charge in [0.2, 0.25) is 0 Å². The van der Waals surface area contributed by atoms with Crippen LogP contribution in [0.1, 0.15) is 34.6 Å². The molecule has 0 unspecified atom stereocenters. The smallest absolute Gasteiger partial charge is 0.408 e. The van der Waals surface area contributed by atoms with Crippen LogP contribution in [0.15, 0.2) is 42.7 Å². The molecule has 0 saturated heterocycles. The summed E-state index contributed by atoms with van der Waals surface area (Å²) in [5.74, 6) is -1.10. The van der Waals surface area contributed by atoms with Gasteiger partial charge < -0.3 is 15.2 Å². The van der Waals surface area contributed by atoms with Gasteiger partial charge in [-0.3, -0.25) is 9.48 Å². The first-order chi connectivity index (χ1) is 12.2. The summed E-state index contributed by atoms with van der Waals surface area (Å²) >= 11 is 0. The lowest BCUT2D eigenvalue weighted by Crippen LogP contribution is -2.35. The minimum absolute atomic E-state index is 0.422. The Morgan fingerprint density at radius 1 is 1.15 bits per heavy atom. The average molecular weight is 363 g/mol. The fourth-order valence-corrected chi connectivity index (χ4v) is 1.66. The number of ether oxygens (including phenoxy) is 1. The van der Waals surface area contributed by atoms with Crippen LogP contribution in [0.2, 0.25) is 0 Å². The van der Waals surface area contributed by atoms with E-state index in [1.54, 1.807) is 20.8 Å². The minimum atomic E-state index is -1.10. The molecule has 1 amide bonds. The van der Waals surface area contributed by atoms with E-state index >= 15 is 0 Å². The normalized spacial score (nSPS) is 9.77. The summed E-state index contributed by atoms with van der Waals surface area (Å²) in [6.07, 6.45) is 3.16. The van der Waals surface area contributed by atoms with E-state index < -0.39 is 24.2 Å². The van der Waals surface area contributed by atoms with Gasteiger partial charge in [0.05, 0.1) is 6.20 Å². The first kappa shape index (κ1) is 23.2. The third kappa shape index (κ3) is 10.9. The highest BCUT2D eigenvalue weighted by molar-refractivity contribution is 5.76. The number of aliphatic carboxylic acids is 1. The maximum atomic E-state index is 10.8. The summed E-state index contributed by atoms with van der Waals surface area (Å²) in [6.45, 7) is 8.68. The predicted molar refractivity (Wildman–Crippen MR) is 102 cm³/mol. The Balaban J connectivity index is 0.000000439. The third-order valence-corrected chi connectivity index (χ3v) is 2.59. The Morgan fingerprint density at radius 3 is 2.15 bits per heavy atom. The number of aryl methyl sites for hydroxylation is 1. The lowest BCUT2D eigenvalue weighted by Gasteiger charge is -2.19. The van der Waals surface area contributed by atoms with E-state index in [2.05, 4.69) is 22.5 Å². The maximum absolute atomic E-state index is 10.8. The molecule has 0 bridgehead atoms. The lowest BCUT2D eigenvalue weighted by molar-refractivity contribution is -0.136. The number of hydrogen-bond acceptors (Lipinski definition) is 4. The van der Waals surface area contributed by atoms with Crippen LogP contribution in [-0.4, -0.2) is 39.1 Å². The zero-order chi connectivity index (χ0) is 20.2. The van der Waals surface area contributed by atoms with Crippen molar-refractivity contribution in [2.75, 3.05) is 6.54 Å². The molecule has 1 aromatic heterocycles. The number of benzene rings is 1. The molecule has 0 aliphatic heterocycles. The summed E-state index contributed by atoms with van der Waals surface area (Å²) in [7, 11) is 1.92. The number of carbonyl (C=O) groups is 2. The van der Waals surface area contributed by atoms with E-state index in [4.69, 9.17) is 9.84 Å². The molecule has 0 atom stereocenters. The van der Waals surface area contributed by atoms with Crippen molar-refractivity contribution < 1.29 is 19.4 Å². The van der Waals surface area contributed by atoms with Crippen molar-refractivity contribution in [3.63, 3.8) is 0 Å². The number of carboxylic acid groups (broad SMARTS) is 1. The Labute approximate surface area is 155 Å². The second-order valence-corrected chi connectivity index (χ2v) is 6.02. The number of aromatic nitrogens is 2. The van der Waals surface area contributed by atoms with E-state index in [-0.39, 0.29) is 0 Å². The Hall–Kier alpha value is -2.83. The van der Waals surface area contributed by atoms with Crippen LogP contribution >= 0.6 is 0 Å². The standard InChI is InChI=1S/C10H10N2.C7H13NO4.C2H6/c1-12-8-10(7-11-12)9-5-3-2-4-6-9;1-7(2,3)12-6(11)8-4-5(9)10;1-2/h2-8H,1H3;4H2,1-3H3,(H,8,11)(H,9,10);1-2H3. The molecule has 0 aliphatic rings. The molecule has 1 aromatic carbocycles. The van der Waals surface area contributed by atoms with Crippen LogP contribution in [0.25, 0.3) is 11.1 Å². The molecule has 0 spiro atoms. The molecular formula is C19H29N3O4. The molecule has 7 nitrogen and oxygen atoms in total. The SMILES string of the molecule is CC.CC(C)(C)OC(=O)NCC(=O)O.Cn1cc(-c2ccccc2)cn1. The number of rotatable bonds is 3. The largest absolute Gasteiger partial charge is 0.480 e. The van der Waals surface area contributed by atoms with Gasteiger partial charge in [-0.1, -0.05) is 44.2 Å². The van der Waals surface area contributed by atoms with Crippen LogP contribution in [0, 0.1) is 0 Å². The van der Waals surface area contributed by atoms with Gasteiger partial charge in [-0.15, -0.1) is 0 Å². The van der Waals surface area contributed by atoms with Gasteiger partial charge in [0.25, 0.3) is 0 Å². The molecule has 7 heteroatoms. The van der Waals surface area contributed by atoms with Crippen molar-refractivity contribution in [2.24, 2.45) is 7.05 Å². The van der Waals surface area contributed by atoms with E-state index in [9.17, 15) is 9.59 Å². The van der Waals surface area contributed by atoms with Gasteiger partial charge in [-0.2, -0.15) is 5.10 Å². The predicted octanol–water partition coefficient (Wildman–Crippen LogP) is 3.71. The van der Waals surface area contributed by atoms with Gasteiger partial charge in [-0.05, 0) is 26.3 Å². The average Bonchev–Trinajstić information content (AvgIpc) is 3.01. The first-order valence-electron chi connectivity index (χ1n) is 8.40. The van der Waals surface area contributed by atoms with Crippen molar-refractivity contribution in [3.05, 3.63) is 42.7 Å². The van der Waals surface area contributed by atoms with E-state index in [0.717, 1.165) is 5.56 Å². The highest BCUT2D eigenvalue weighted by atomic mass is 16.6. The van der Waals surface area contributed by atoms with Gasteiger partial charge in [-0.25, -0.2) is 4.79 Å². The van der Waals surface area contributed by atoms with Crippen LogP contribution in [0.3, 0.4) is 0 Å². The van der Waals surface area contributed by atoms with Crippen molar-refractivity contribution in [3.8, 4) is 11.1 Å². The first-order valence-corrected chi connectivity index (χ1v) is 8.40. The Kier molecular flexibility index (Phi) is 10.4. The number of alkyl carbamates (subject to hydrolysis) is 1. The fourth-order valence-electron chi connectivity index (χ4n) is 1.66. The monoisotopic (exact) mass is 363 g/mol. The van der Waals surface area contributed by atoms with E-state index in [1.807, 2.05) is 56.2 Å². The zero-order valence-electron chi connectivity index (χ0n) is 16.3. The molecule has 0 radical (unpaired) electrons. The number of carboxylic acids is 1. The maximum Gasteiger partial charge on any atom is 0.408 e. The molecule has 0 aliphatic carbocycles. The van der Waals surface area contributed by atoms with Crippen molar-refractivity contribution in [1.29, 1.82) is 0 Å². The molecule has 0 fully saturated rings. The molecule has 1 heterocycles. The highest BCUT2D eigenvalue weighted by Gasteiger charge is 2.16. The zero-order valence-corrected chi connectivity index (χ0v) is 16.3. The van der Waals surface area contributed by atoms with Crippen molar-refractivity contribution in [2.45, 2.75) is 40.2 Å². The number of carbonyl (C=O) groups excluding carboxylic acids is 1. The Bertz CT molecular complexity index is 661. The van der Waals surface area contributed by atoms with Crippen molar-refractivity contribution in [1.82, 2.24) is 15.1 Å². The van der Waals surface area contributed by atoms with Crippen LogP contribution < -0.4 is 5.32 Å². The molecule has 0 saturated carbocycles. The number of hydrogen-bond donors (Lipinski definition) is 2. The quantitative estimate of drug-likeness (QED) is 0.867. The Morgan fingerprint density at radius 2 is 1.73 bits per heavy atom. The second kappa shape index (κ2) is 11.7. The molecule has 144 valence electrons. The van der Waals surface area contributed by atoms with Crippen LogP contribution in [0.5, 0.6) is 0 Å². The third-order valence-electron chi connectivity index (χ3n) is 2.59. The summed E-state index contributed by atoms with van der Waals surface area (Å²) in [5, 5.41) is 14.4. The number of nitrogens with zero attached hydrogens (tertiary/aromatic N) is 2. The second-order valence-electron chi connectivity index (χ2n) is 6.02. The van der Waals surface area contributed by atoms with Gasteiger partial charge in [0.15, 0.2) is 0 Å². The topological polar surface area (TPSA) is 93.5 Å². The molecule has 26 heavy (non-hydrogen) atoms. The van der Waals surface area contributed by atoms with E-state index in [1.165, 1.54) is 5.56 Å². The summed E-state index contributed by atoms with van der Waals surface area (Å²) in [5.41, 5.74) is 1.78. The van der Waals surface area contributed by atoms with Gasteiger partial charge in [0, 0.05) is 18.8 Å². The lowest BCUT2D eigenvalue weighted by atomic mass is 10.1. The van der Waals surface area contributed by atoms with Crippen LogP contribution in [0.4, 0.5) is 4.79 Å². The van der Waals surface area contributed by atoms with Crippen molar-refractivity contribution >= 4 is 12.1 Å². The van der Waals surface area contributed by atoms with Crippen LogP contribution in [-0.2, 0) is 16.6 Å². The van der Waals surface area contributed by atoms with Gasteiger partial charge >= 0.3 is 12.1 Å². The fraction of sp³-hybridized carbons (Fsp3) is 0.421.